The number of rotatable bonds is 6. The Morgan fingerprint density at radius 2 is 1.50 bits per heavy atom. The van der Waals surface area contributed by atoms with E-state index in [1.54, 1.807) is 0 Å². The van der Waals surface area contributed by atoms with E-state index in [2.05, 4.69) is 58.0 Å². The minimum absolute atomic E-state index is 0.746. The van der Waals surface area contributed by atoms with Gasteiger partial charge in [0.05, 0.1) is 0 Å². The van der Waals surface area contributed by atoms with Gasteiger partial charge in [-0.15, -0.1) is 0 Å². The van der Waals surface area contributed by atoms with Gasteiger partial charge in [0, 0.05) is 0 Å². The van der Waals surface area contributed by atoms with Crippen molar-refractivity contribution in [2.45, 2.75) is 52.9 Å². The van der Waals surface area contributed by atoms with Crippen LogP contribution in [0.15, 0.2) is 30.3 Å². The van der Waals surface area contributed by atoms with Crippen LogP contribution in [0.25, 0.3) is 0 Å². The van der Waals surface area contributed by atoms with E-state index in [1.807, 2.05) is 0 Å². The molecular formula is C16H26. The Hall–Kier alpha value is -0.780. The van der Waals surface area contributed by atoms with Crippen molar-refractivity contribution in [2.24, 2.45) is 11.8 Å². The maximum atomic E-state index is 2.33. The van der Waals surface area contributed by atoms with Gasteiger partial charge >= 0.3 is 0 Å². The van der Waals surface area contributed by atoms with Gasteiger partial charge in [-0.05, 0) is 29.7 Å². The SMILES string of the molecule is CCC(CC)C(CC(C)C)c1ccccc1. The first-order valence-electron chi connectivity index (χ1n) is 6.73. The van der Waals surface area contributed by atoms with Crippen molar-refractivity contribution < 1.29 is 0 Å². The molecule has 0 aliphatic carbocycles. The summed E-state index contributed by atoms with van der Waals surface area (Å²) in [7, 11) is 0. The summed E-state index contributed by atoms with van der Waals surface area (Å²) in [6.45, 7) is 9.31. The molecule has 90 valence electrons. The Balaban J connectivity index is 2.86. The summed E-state index contributed by atoms with van der Waals surface area (Å²) in [6, 6.07) is 11.1. The molecule has 16 heavy (non-hydrogen) atoms. The summed E-state index contributed by atoms with van der Waals surface area (Å²) in [4.78, 5) is 0. The summed E-state index contributed by atoms with van der Waals surface area (Å²) in [5.74, 6) is 2.37. The van der Waals surface area contributed by atoms with Crippen molar-refractivity contribution in [3.63, 3.8) is 0 Å². The zero-order valence-corrected chi connectivity index (χ0v) is 11.2. The number of hydrogen-bond donors (Lipinski definition) is 0. The van der Waals surface area contributed by atoms with E-state index in [-0.39, 0.29) is 0 Å². The maximum Gasteiger partial charge on any atom is -0.0131 e. The van der Waals surface area contributed by atoms with E-state index in [1.165, 1.54) is 24.8 Å². The normalized spacial score (nSPS) is 13.4. The van der Waals surface area contributed by atoms with Crippen molar-refractivity contribution >= 4 is 0 Å². The van der Waals surface area contributed by atoms with Gasteiger partial charge < -0.3 is 0 Å². The van der Waals surface area contributed by atoms with E-state index in [4.69, 9.17) is 0 Å². The third-order valence-corrected chi connectivity index (χ3v) is 3.57. The Labute approximate surface area is 101 Å². The van der Waals surface area contributed by atoms with Gasteiger partial charge in [-0.3, -0.25) is 0 Å². The maximum absolute atomic E-state index is 2.33. The topological polar surface area (TPSA) is 0 Å². The zero-order chi connectivity index (χ0) is 12.0. The fourth-order valence-electron chi connectivity index (χ4n) is 2.67. The summed E-state index contributed by atoms with van der Waals surface area (Å²) < 4.78 is 0. The Bertz CT molecular complexity index is 269. The molecule has 0 radical (unpaired) electrons. The first-order valence-corrected chi connectivity index (χ1v) is 6.73. The quantitative estimate of drug-likeness (QED) is 0.611. The largest absolute Gasteiger partial charge is 0.0651 e. The molecule has 0 saturated heterocycles. The van der Waals surface area contributed by atoms with E-state index >= 15 is 0 Å². The molecular weight excluding hydrogens is 192 g/mol. The Morgan fingerprint density at radius 1 is 0.938 bits per heavy atom. The highest BCUT2D eigenvalue weighted by Crippen LogP contribution is 2.34. The van der Waals surface area contributed by atoms with Crippen molar-refractivity contribution in [1.29, 1.82) is 0 Å². The first kappa shape index (κ1) is 13.3. The van der Waals surface area contributed by atoms with Crippen molar-refractivity contribution in [3.05, 3.63) is 35.9 Å². The number of hydrogen-bond acceptors (Lipinski definition) is 0. The fraction of sp³-hybridized carbons (Fsp3) is 0.625. The molecule has 0 aliphatic heterocycles. The van der Waals surface area contributed by atoms with Crippen LogP contribution in [0.5, 0.6) is 0 Å². The van der Waals surface area contributed by atoms with Gasteiger partial charge in [0.1, 0.15) is 0 Å². The van der Waals surface area contributed by atoms with Gasteiger partial charge in [-0.1, -0.05) is 70.9 Å². The van der Waals surface area contributed by atoms with Crippen molar-refractivity contribution in [1.82, 2.24) is 0 Å². The predicted octanol–water partition coefficient (Wildman–Crippen LogP) is 5.25. The van der Waals surface area contributed by atoms with Crippen LogP contribution in [0.2, 0.25) is 0 Å². The lowest BCUT2D eigenvalue weighted by Gasteiger charge is -2.27. The molecule has 1 aromatic carbocycles. The van der Waals surface area contributed by atoms with Gasteiger partial charge in [0.25, 0.3) is 0 Å². The molecule has 0 heteroatoms. The van der Waals surface area contributed by atoms with Gasteiger partial charge in [-0.2, -0.15) is 0 Å². The summed E-state index contributed by atoms with van der Waals surface area (Å²) in [5.41, 5.74) is 1.53. The summed E-state index contributed by atoms with van der Waals surface area (Å²) in [6.07, 6.45) is 3.90. The summed E-state index contributed by atoms with van der Waals surface area (Å²) >= 11 is 0. The number of benzene rings is 1. The lowest BCUT2D eigenvalue weighted by molar-refractivity contribution is 0.344. The second-order valence-electron chi connectivity index (χ2n) is 5.22. The second-order valence-corrected chi connectivity index (χ2v) is 5.22. The minimum atomic E-state index is 0.746. The Kier molecular flexibility index (Phi) is 5.59. The third kappa shape index (κ3) is 3.66. The van der Waals surface area contributed by atoms with Crippen LogP contribution in [0.1, 0.15) is 58.4 Å². The molecule has 0 nitrogen and oxygen atoms in total. The van der Waals surface area contributed by atoms with Gasteiger partial charge in [0.2, 0.25) is 0 Å². The van der Waals surface area contributed by atoms with Gasteiger partial charge in [-0.25, -0.2) is 0 Å². The Morgan fingerprint density at radius 3 is 1.94 bits per heavy atom. The minimum Gasteiger partial charge on any atom is -0.0651 e. The van der Waals surface area contributed by atoms with Crippen LogP contribution in [0.4, 0.5) is 0 Å². The molecule has 0 N–H and O–H groups in total. The van der Waals surface area contributed by atoms with Crippen LogP contribution >= 0.6 is 0 Å². The van der Waals surface area contributed by atoms with E-state index in [0.29, 0.717) is 0 Å². The molecule has 1 unspecified atom stereocenters. The monoisotopic (exact) mass is 218 g/mol. The molecule has 0 saturated carbocycles. The molecule has 0 aromatic heterocycles. The molecule has 1 aromatic rings. The molecule has 1 rings (SSSR count). The van der Waals surface area contributed by atoms with Crippen molar-refractivity contribution in [3.8, 4) is 0 Å². The van der Waals surface area contributed by atoms with E-state index in [0.717, 1.165) is 17.8 Å². The fourth-order valence-corrected chi connectivity index (χ4v) is 2.67. The van der Waals surface area contributed by atoms with Crippen molar-refractivity contribution in [2.75, 3.05) is 0 Å². The molecule has 0 heterocycles. The molecule has 0 spiro atoms. The van der Waals surface area contributed by atoms with Gasteiger partial charge in [0.15, 0.2) is 0 Å². The predicted molar refractivity (Wildman–Crippen MR) is 72.7 cm³/mol. The molecule has 0 amide bonds. The molecule has 0 aliphatic rings. The van der Waals surface area contributed by atoms with Crippen LogP contribution in [-0.2, 0) is 0 Å². The first-order chi connectivity index (χ1) is 7.69. The summed E-state index contributed by atoms with van der Waals surface area (Å²) in [5, 5.41) is 0. The second kappa shape index (κ2) is 6.73. The smallest absolute Gasteiger partial charge is 0.0131 e. The van der Waals surface area contributed by atoms with Crippen LogP contribution in [0, 0.1) is 11.8 Å². The molecule has 0 fully saturated rings. The highest BCUT2D eigenvalue weighted by molar-refractivity contribution is 5.20. The highest BCUT2D eigenvalue weighted by atomic mass is 14.3. The third-order valence-electron chi connectivity index (χ3n) is 3.57. The van der Waals surface area contributed by atoms with Crippen LogP contribution in [-0.4, -0.2) is 0 Å². The van der Waals surface area contributed by atoms with Crippen LogP contribution in [0.3, 0.4) is 0 Å². The molecule has 1 atom stereocenters. The average molecular weight is 218 g/mol. The zero-order valence-electron chi connectivity index (χ0n) is 11.2. The lowest BCUT2D eigenvalue weighted by atomic mass is 9.78. The highest BCUT2D eigenvalue weighted by Gasteiger charge is 2.20. The van der Waals surface area contributed by atoms with Crippen LogP contribution < -0.4 is 0 Å². The standard InChI is InChI=1S/C16H26/c1-5-14(6-2)16(12-13(3)4)15-10-8-7-9-11-15/h7-11,13-14,16H,5-6,12H2,1-4H3. The lowest BCUT2D eigenvalue weighted by Crippen LogP contribution is -2.14. The molecule has 0 bridgehead atoms. The van der Waals surface area contributed by atoms with E-state index in [9.17, 15) is 0 Å². The average Bonchev–Trinajstić information content (AvgIpc) is 2.30. The van der Waals surface area contributed by atoms with E-state index < -0.39 is 0 Å².